The van der Waals surface area contributed by atoms with Crippen LogP contribution in [0.1, 0.15) is 85.5 Å². The highest BCUT2D eigenvalue weighted by Crippen LogP contribution is 2.08. The third kappa shape index (κ3) is 9.98. The third-order valence-electron chi connectivity index (χ3n) is 3.49. The predicted molar refractivity (Wildman–Crippen MR) is 88.1 cm³/mol. The zero-order valence-electron chi connectivity index (χ0n) is 13.9. The van der Waals surface area contributed by atoms with Crippen LogP contribution < -0.4 is 0 Å². The highest BCUT2D eigenvalue weighted by Gasteiger charge is 2.09. The van der Waals surface area contributed by atoms with Gasteiger partial charge in [0, 0.05) is 26.1 Å². The Hall–Kier alpha value is -0.530. The molecular formula is C17H36N2. The summed E-state index contributed by atoms with van der Waals surface area (Å²) in [6.07, 6.45) is 11.3. The van der Waals surface area contributed by atoms with Crippen molar-refractivity contribution in [3.05, 3.63) is 0 Å². The fourth-order valence-electron chi connectivity index (χ4n) is 2.11. The Balaban J connectivity index is 4.51. The molecule has 0 aromatic heterocycles. The molecule has 0 aromatic rings. The van der Waals surface area contributed by atoms with Crippen LogP contribution in [0.25, 0.3) is 0 Å². The van der Waals surface area contributed by atoms with Gasteiger partial charge in [0.25, 0.3) is 0 Å². The first kappa shape index (κ1) is 18.5. The van der Waals surface area contributed by atoms with Crippen molar-refractivity contribution in [1.29, 1.82) is 0 Å². The van der Waals surface area contributed by atoms with E-state index in [1.807, 2.05) is 0 Å². The van der Waals surface area contributed by atoms with Crippen molar-refractivity contribution < 1.29 is 0 Å². The standard InChI is InChI=1S/C17H36N2/c1-5-9-13-17(18-14-10-6-2)19(15-11-7-3)16-12-8-4/h5-16H2,1-4H3/b18-17+. The molecule has 0 unspecified atom stereocenters. The van der Waals surface area contributed by atoms with Gasteiger partial charge in [0.2, 0.25) is 0 Å². The van der Waals surface area contributed by atoms with Gasteiger partial charge < -0.3 is 4.90 Å². The SMILES string of the molecule is CCCC/N=C(\CCCC)N(CCCC)CCCC. The summed E-state index contributed by atoms with van der Waals surface area (Å²) in [5.41, 5.74) is 0. The maximum Gasteiger partial charge on any atom is 0.0988 e. The molecule has 0 amide bonds. The second-order valence-corrected chi connectivity index (χ2v) is 5.45. The Morgan fingerprint density at radius 3 is 1.74 bits per heavy atom. The van der Waals surface area contributed by atoms with Crippen LogP contribution in [-0.2, 0) is 0 Å². The lowest BCUT2D eigenvalue weighted by atomic mass is 10.2. The van der Waals surface area contributed by atoms with E-state index in [0.717, 1.165) is 6.54 Å². The molecule has 0 saturated carbocycles. The lowest BCUT2D eigenvalue weighted by Crippen LogP contribution is -2.33. The molecule has 2 nitrogen and oxygen atoms in total. The first-order chi connectivity index (χ1) is 9.29. The fourth-order valence-corrected chi connectivity index (χ4v) is 2.11. The van der Waals surface area contributed by atoms with Gasteiger partial charge in [-0.15, -0.1) is 0 Å². The van der Waals surface area contributed by atoms with Crippen molar-refractivity contribution in [3.8, 4) is 0 Å². The summed E-state index contributed by atoms with van der Waals surface area (Å²) in [5.74, 6) is 1.39. The number of rotatable bonds is 12. The first-order valence-corrected chi connectivity index (χ1v) is 8.58. The van der Waals surface area contributed by atoms with Crippen molar-refractivity contribution in [2.75, 3.05) is 19.6 Å². The monoisotopic (exact) mass is 268 g/mol. The van der Waals surface area contributed by atoms with Crippen molar-refractivity contribution >= 4 is 5.84 Å². The fraction of sp³-hybridized carbons (Fsp3) is 0.941. The van der Waals surface area contributed by atoms with E-state index in [0.29, 0.717) is 0 Å². The summed E-state index contributed by atoms with van der Waals surface area (Å²) in [5, 5.41) is 0. The maximum atomic E-state index is 4.90. The summed E-state index contributed by atoms with van der Waals surface area (Å²) in [6, 6.07) is 0. The van der Waals surface area contributed by atoms with Crippen molar-refractivity contribution in [1.82, 2.24) is 4.90 Å². The van der Waals surface area contributed by atoms with Gasteiger partial charge in [-0.05, 0) is 25.7 Å². The van der Waals surface area contributed by atoms with Gasteiger partial charge in [0.1, 0.15) is 0 Å². The van der Waals surface area contributed by atoms with E-state index < -0.39 is 0 Å². The van der Waals surface area contributed by atoms with Crippen LogP contribution >= 0.6 is 0 Å². The summed E-state index contributed by atoms with van der Waals surface area (Å²) in [7, 11) is 0. The van der Waals surface area contributed by atoms with Gasteiger partial charge in [-0.2, -0.15) is 0 Å². The Bertz CT molecular complexity index is 203. The van der Waals surface area contributed by atoms with E-state index in [1.165, 1.54) is 76.7 Å². The smallest absolute Gasteiger partial charge is 0.0988 e. The zero-order valence-corrected chi connectivity index (χ0v) is 13.9. The Morgan fingerprint density at radius 1 is 0.737 bits per heavy atom. The molecular weight excluding hydrogens is 232 g/mol. The van der Waals surface area contributed by atoms with E-state index in [2.05, 4.69) is 32.6 Å². The Labute approximate surface area is 121 Å². The largest absolute Gasteiger partial charge is 0.360 e. The van der Waals surface area contributed by atoms with Gasteiger partial charge in [0.05, 0.1) is 5.84 Å². The molecule has 2 heteroatoms. The van der Waals surface area contributed by atoms with Gasteiger partial charge >= 0.3 is 0 Å². The molecule has 0 atom stereocenters. The maximum absolute atomic E-state index is 4.90. The number of aliphatic imine (C=N–C) groups is 1. The number of nitrogens with zero attached hydrogens (tertiary/aromatic N) is 2. The summed E-state index contributed by atoms with van der Waals surface area (Å²) >= 11 is 0. The van der Waals surface area contributed by atoms with Crippen LogP contribution in [0.15, 0.2) is 4.99 Å². The molecule has 0 bridgehead atoms. The molecule has 0 aliphatic carbocycles. The molecule has 0 spiro atoms. The predicted octanol–water partition coefficient (Wildman–Crippen LogP) is 5.28. The van der Waals surface area contributed by atoms with Crippen LogP contribution in [0.2, 0.25) is 0 Å². The normalized spacial score (nSPS) is 11.9. The van der Waals surface area contributed by atoms with Crippen LogP contribution in [0.3, 0.4) is 0 Å². The molecule has 0 saturated heterocycles. The minimum absolute atomic E-state index is 1.02. The van der Waals surface area contributed by atoms with Gasteiger partial charge in [-0.3, -0.25) is 4.99 Å². The third-order valence-corrected chi connectivity index (χ3v) is 3.49. The zero-order chi connectivity index (χ0) is 14.3. The lowest BCUT2D eigenvalue weighted by Gasteiger charge is -2.26. The van der Waals surface area contributed by atoms with E-state index in [4.69, 9.17) is 4.99 Å². The minimum Gasteiger partial charge on any atom is -0.360 e. The van der Waals surface area contributed by atoms with Crippen molar-refractivity contribution in [2.24, 2.45) is 4.99 Å². The molecule has 114 valence electrons. The van der Waals surface area contributed by atoms with Crippen LogP contribution in [0.5, 0.6) is 0 Å². The molecule has 19 heavy (non-hydrogen) atoms. The minimum atomic E-state index is 1.02. The Kier molecular flexibility index (Phi) is 13.5. The lowest BCUT2D eigenvalue weighted by molar-refractivity contribution is 0.387. The van der Waals surface area contributed by atoms with E-state index in [1.54, 1.807) is 0 Å². The van der Waals surface area contributed by atoms with Crippen LogP contribution in [0.4, 0.5) is 0 Å². The first-order valence-electron chi connectivity index (χ1n) is 8.58. The van der Waals surface area contributed by atoms with Crippen molar-refractivity contribution in [2.45, 2.75) is 85.5 Å². The quantitative estimate of drug-likeness (QED) is 0.267. The summed E-state index contributed by atoms with van der Waals surface area (Å²) in [4.78, 5) is 7.47. The molecule has 0 N–H and O–H groups in total. The highest BCUT2D eigenvalue weighted by molar-refractivity contribution is 5.82. The van der Waals surface area contributed by atoms with Gasteiger partial charge in [-0.25, -0.2) is 0 Å². The summed E-state index contributed by atoms with van der Waals surface area (Å²) in [6.45, 7) is 12.5. The van der Waals surface area contributed by atoms with Gasteiger partial charge in [-0.1, -0.05) is 53.4 Å². The molecule has 0 radical (unpaired) electrons. The van der Waals surface area contributed by atoms with E-state index in [9.17, 15) is 0 Å². The molecule has 0 rings (SSSR count). The molecule has 0 aromatic carbocycles. The molecule has 0 heterocycles. The molecule has 0 fully saturated rings. The van der Waals surface area contributed by atoms with Crippen molar-refractivity contribution in [3.63, 3.8) is 0 Å². The average molecular weight is 268 g/mol. The van der Waals surface area contributed by atoms with E-state index in [-0.39, 0.29) is 0 Å². The number of hydrogen-bond acceptors (Lipinski definition) is 1. The highest BCUT2D eigenvalue weighted by atomic mass is 15.2. The average Bonchev–Trinajstić information content (AvgIpc) is 2.43. The van der Waals surface area contributed by atoms with Gasteiger partial charge in [0.15, 0.2) is 0 Å². The number of amidine groups is 1. The van der Waals surface area contributed by atoms with Crippen LogP contribution in [0, 0.1) is 0 Å². The molecule has 0 aliphatic rings. The number of unbranched alkanes of at least 4 members (excludes halogenated alkanes) is 4. The van der Waals surface area contributed by atoms with E-state index >= 15 is 0 Å². The topological polar surface area (TPSA) is 15.6 Å². The number of hydrogen-bond donors (Lipinski definition) is 0. The summed E-state index contributed by atoms with van der Waals surface area (Å²) < 4.78 is 0. The second-order valence-electron chi connectivity index (χ2n) is 5.45. The van der Waals surface area contributed by atoms with Crippen LogP contribution in [-0.4, -0.2) is 30.4 Å². The Morgan fingerprint density at radius 2 is 1.26 bits per heavy atom. The molecule has 0 aliphatic heterocycles. The second kappa shape index (κ2) is 13.9.